The molecule has 1 aromatic heterocycles. The molecule has 2 rings (SSSR count). The molecule has 1 aliphatic rings. The average Bonchev–Trinajstić information content (AvgIpc) is 2.96. The lowest BCUT2D eigenvalue weighted by molar-refractivity contribution is -0.135. The molecule has 0 saturated carbocycles. The first-order chi connectivity index (χ1) is 9.90. The first-order valence-corrected chi connectivity index (χ1v) is 7.31. The zero-order valence-electron chi connectivity index (χ0n) is 13.0. The van der Waals surface area contributed by atoms with Gasteiger partial charge in [0.05, 0.1) is 0 Å². The van der Waals surface area contributed by atoms with Crippen LogP contribution in [0.25, 0.3) is 0 Å². The SMILES string of the molecule is CC(C)C(=O)N1CCN(C(=O)c2nnc(C(C)C)o2)CC1. The molecule has 0 atom stereocenters. The van der Waals surface area contributed by atoms with Crippen LogP contribution in [0.5, 0.6) is 0 Å². The molecule has 7 nitrogen and oxygen atoms in total. The highest BCUT2D eigenvalue weighted by molar-refractivity contribution is 5.89. The number of carbonyl (C=O) groups is 2. The third-order valence-electron chi connectivity index (χ3n) is 3.49. The van der Waals surface area contributed by atoms with E-state index in [0.717, 1.165) is 0 Å². The third kappa shape index (κ3) is 3.40. The Morgan fingerprint density at radius 3 is 2.05 bits per heavy atom. The second-order valence-corrected chi connectivity index (χ2v) is 5.87. The van der Waals surface area contributed by atoms with Crippen molar-refractivity contribution in [3.8, 4) is 0 Å². The van der Waals surface area contributed by atoms with Crippen LogP contribution in [0.4, 0.5) is 0 Å². The zero-order chi connectivity index (χ0) is 15.6. The molecule has 0 bridgehead atoms. The molecule has 1 aliphatic heterocycles. The van der Waals surface area contributed by atoms with Crippen molar-refractivity contribution in [1.29, 1.82) is 0 Å². The summed E-state index contributed by atoms with van der Waals surface area (Å²) in [6, 6.07) is 0. The van der Waals surface area contributed by atoms with Crippen molar-refractivity contribution in [2.45, 2.75) is 33.6 Å². The number of aromatic nitrogens is 2. The standard InChI is InChI=1S/C14H22N4O3/c1-9(2)11-15-16-12(21-11)14(20)18-7-5-17(6-8-18)13(19)10(3)4/h9-10H,5-8H2,1-4H3. The molecular formula is C14H22N4O3. The van der Waals surface area contributed by atoms with Crippen LogP contribution in [0.3, 0.4) is 0 Å². The number of piperazine rings is 1. The summed E-state index contributed by atoms with van der Waals surface area (Å²) in [7, 11) is 0. The van der Waals surface area contributed by atoms with E-state index in [1.54, 1.807) is 9.80 Å². The number of nitrogens with zero attached hydrogens (tertiary/aromatic N) is 4. The number of hydrogen-bond donors (Lipinski definition) is 0. The minimum atomic E-state index is -0.258. The first-order valence-electron chi connectivity index (χ1n) is 7.31. The third-order valence-corrected chi connectivity index (χ3v) is 3.49. The van der Waals surface area contributed by atoms with Crippen LogP contribution in [-0.4, -0.2) is 58.0 Å². The molecule has 21 heavy (non-hydrogen) atoms. The molecule has 1 fully saturated rings. The summed E-state index contributed by atoms with van der Waals surface area (Å²) in [5, 5.41) is 7.68. The van der Waals surface area contributed by atoms with Gasteiger partial charge in [-0.1, -0.05) is 27.7 Å². The average molecular weight is 294 g/mol. The van der Waals surface area contributed by atoms with E-state index >= 15 is 0 Å². The molecule has 0 N–H and O–H groups in total. The molecule has 2 amide bonds. The van der Waals surface area contributed by atoms with Crippen molar-refractivity contribution < 1.29 is 14.0 Å². The molecule has 0 aliphatic carbocycles. The maximum absolute atomic E-state index is 12.3. The van der Waals surface area contributed by atoms with Crippen molar-refractivity contribution in [1.82, 2.24) is 20.0 Å². The normalized spacial score (nSPS) is 15.9. The highest BCUT2D eigenvalue weighted by atomic mass is 16.4. The number of carbonyl (C=O) groups excluding carboxylic acids is 2. The van der Waals surface area contributed by atoms with Gasteiger partial charge in [0.15, 0.2) is 0 Å². The Morgan fingerprint density at radius 1 is 1.00 bits per heavy atom. The van der Waals surface area contributed by atoms with E-state index in [4.69, 9.17) is 4.42 Å². The molecule has 1 saturated heterocycles. The summed E-state index contributed by atoms with van der Waals surface area (Å²) in [5.74, 6) is 0.443. The Balaban J connectivity index is 1.95. The smallest absolute Gasteiger partial charge is 0.311 e. The van der Waals surface area contributed by atoms with Crippen molar-refractivity contribution in [2.75, 3.05) is 26.2 Å². The van der Waals surface area contributed by atoms with Gasteiger partial charge in [-0.25, -0.2) is 0 Å². The molecule has 2 heterocycles. The van der Waals surface area contributed by atoms with Crippen molar-refractivity contribution in [2.24, 2.45) is 5.92 Å². The maximum atomic E-state index is 12.3. The lowest BCUT2D eigenvalue weighted by Gasteiger charge is -2.34. The predicted octanol–water partition coefficient (Wildman–Crippen LogP) is 1.13. The van der Waals surface area contributed by atoms with E-state index in [0.29, 0.717) is 32.1 Å². The Hall–Kier alpha value is -1.92. The minimum absolute atomic E-state index is 0.0169. The van der Waals surface area contributed by atoms with Gasteiger partial charge in [-0.3, -0.25) is 9.59 Å². The maximum Gasteiger partial charge on any atom is 0.311 e. The van der Waals surface area contributed by atoms with Gasteiger partial charge in [0.2, 0.25) is 11.8 Å². The van der Waals surface area contributed by atoms with Gasteiger partial charge >= 0.3 is 11.8 Å². The molecule has 0 aromatic carbocycles. The summed E-state index contributed by atoms with van der Waals surface area (Å²) < 4.78 is 5.38. The van der Waals surface area contributed by atoms with Crippen LogP contribution in [0, 0.1) is 5.92 Å². The van der Waals surface area contributed by atoms with Crippen LogP contribution < -0.4 is 0 Å². The highest BCUT2D eigenvalue weighted by Crippen LogP contribution is 2.14. The molecule has 0 radical (unpaired) electrons. The number of rotatable bonds is 3. The fourth-order valence-electron chi connectivity index (χ4n) is 2.18. The number of hydrogen-bond acceptors (Lipinski definition) is 5. The minimum Gasteiger partial charge on any atom is -0.417 e. The van der Waals surface area contributed by atoms with Crippen LogP contribution >= 0.6 is 0 Å². The molecule has 0 unspecified atom stereocenters. The molecule has 1 aromatic rings. The van der Waals surface area contributed by atoms with Gasteiger partial charge in [0, 0.05) is 38.0 Å². The number of amides is 2. The van der Waals surface area contributed by atoms with Gasteiger partial charge < -0.3 is 14.2 Å². The van der Waals surface area contributed by atoms with Crippen molar-refractivity contribution >= 4 is 11.8 Å². The highest BCUT2D eigenvalue weighted by Gasteiger charge is 2.28. The molecule has 116 valence electrons. The quantitative estimate of drug-likeness (QED) is 0.835. The summed E-state index contributed by atoms with van der Waals surface area (Å²) >= 11 is 0. The molecule has 0 spiro atoms. The summed E-state index contributed by atoms with van der Waals surface area (Å²) in [4.78, 5) is 27.6. The Bertz CT molecular complexity index is 516. The first kappa shape index (κ1) is 15.5. The topological polar surface area (TPSA) is 79.5 Å². The van der Waals surface area contributed by atoms with Crippen LogP contribution in [0.1, 0.15) is 50.2 Å². The van der Waals surface area contributed by atoms with E-state index < -0.39 is 0 Å². The van der Waals surface area contributed by atoms with Crippen molar-refractivity contribution in [3.63, 3.8) is 0 Å². The van der Waals surface area contributed by atoms with E-state index in [1.165, 1.54) is 0 Å². The second kappa shape index (κ2) is 6.24. The molecular weight excluding hydrogens is 272 g/mol. The molecule has 7 heteroatoms. The van der Waals surface area contributed by atoms with E-state index in [2.05, 4.69) is 10.2 Å². The largest absolute Gasteiger partial charge is 0.417 e. The Morgan fingerprint density at radius 2 is 1.57 bits per heavy atom. The van der Waals surface area contributed by atoms with Crippen LogP contribution in [-0.2, 0) is 4.79 Å². The second-order valence-electron chi connectivity index (χ2n) is 5.87. The summed E-state index contributed by atoms with van der Waals surface area (Å²) in [6.07, 6.45) is 0. The van der Waals surface area contributed by atoms with Gasteiger partial charge in [-0.15, -0.1) is 10.2 Å². The monoisotopic (exact) mass is 294 g/mol. The van der Waals surface area contributed by atoms with Crippen molar-refractivity contribution in [3.05, 3.63) is 11.8 Å². The lowest BCUT2D eigenvalue weighted by atomic mass is 10.1. The van der Waals surface area contributed by atoms with E-state index in [-0.39, 0.29) is 29.5 Å². The predicted molar refractivity (Wildman–Crippen MR) is 75.7 cm³/mol. The zero-order valence-corrected chi connectivity index (χ0v) is 13.0. The summed E-state index contributed by atoms with van der Waals surface area (Å²) in [5.41, 5.74) is 0. The van der Waals surface area contributed by atoms with Gasteiger partial charge in [0.1, 0.15) is 0 Å². The van der Waals surface area contributed by atoms with E-state index in [9.17, 15) is 9.59 Å². The summed E-state index contributed by atoms with van der Waals surface area (Å²) in [6.45, 7) is 9.71. The fourth-order valence-corrected chi connectivity index (χ4v) is 2.18. The van der Waals surface area contributed by atoms with Gasteiger partial charge in [-0.2, -0.15) is 0 Å². The van der Waals surface area contributed by atoms with Gasteiger partial charge in [0.25, 0.3) is 0 Å². The fraction of sp³-hybridized carbons (Fsp3) is 0.714. The Labute approximate surface area is 124 Å². The Kier molecular flexibility index (Phi) is 4.59. The van der Waals surface area contributed by atoms with E-state index in [1.807, 2.05) is 27.7 Å². The van der Waals surface area contributed by atoms with Crippen LogP contribution in [0.15, 0.2) is 4.42 Å². The lowest BCUT2D eigenvalue weighted by Crippen LogP contribution is -2.51. The van der Waals surface area contributed by atoms with Crippen LogP contribution in [0.2, 0.25) is 0 Å². The van der Waals surface area contributed by atoms with Gasteiger partial charge in [-0.05, 0) is 0 Å².